The van der Waals surface area contributed by atoms with E-state index in [0.717, 1.165) is 5.56 Å². The third-order valence-electron chi connectivity index (χ3n) is 4.75. The Hall–Kier alpha value is -2.74. The van der Waals surface area contributed by atoms with Crippen molar-refractivity contribution in [3.05, 3.63) is 53.6 Å². The summed E-state index contributed by atoms with van der Waals surface area (Å²) in [7, 11) is -0.163. The Kier molecular flexibility index (Phi) is 5.79. The van der Waals surface area contributed by atoms with Crippen molar-refractivity contribution >= 4 is 21.6 Å². The van der Waals surface area contributed by atoms with Gasteiger partial charge in [-0.15, -0.1) is 0 Å². The van der Waals surface area contributed by atoms with E-state index in [2.05, 4.69) is 5.32 Å². The van der Waals surface area contributed by atoms with Crippen molar-refractivity contribution in [2.45, 2.75) is 19.4 Å². The average Bonchev–Trinajstić information content (AvgIpc) is 3.06. The van der Waals surface area contributed by atoms with Crippen LogP contribution in [0.25, 0.3) is 0 Å². The number of sulfonamides is 1. The largest absolute Gasteiger partial charge is 0.493 e. The molecule has 1 aliphatic rings. The van der Waals surface area contributed by atoms with Gasteiger partial charge in [0.2, 0.25) is 10.0 Å². The summed E-state index contributed by atoms with van der Waals surface area (Å²) >= 11 is 0. The zero-order chi connectivity index (χ0) is 20.3. The van der Waals surface area contributed by atoms with Gasteiger partial charge in [0.05, 0.1) is 31.7 Å². The molecule has 1 heterocycles. The highest BCUT2D eigenvalue weighted by atomic mass is 32.2. The second-order valence-corrected chi connectivity index (χ2v) is 8.61. The van der Waals surface area contributed by atoms with E-state index in [1.54, 1.807) is 44.6 Å². The topological polar surface area (TPSA) is 84.9 Å². The van der Waals surface area contributed by atoms with Crippen molar-refractivity contribution in [1.29, 1.82) is 0 Å². The van der Waals surface area contributed by atoms with Crippen molar-refractivity contribution in [2.24, 2.45) is 0 Å². The molecule has 1 amide bonds. The van der Waals surface area contributed by atoms with E-state index in [0.29, 0.717) is 35.7 Å². The third-order valence-corrected chi connectivity index (χ3v) is 6.62. The molecule has 0 aliphatic carbocycles. The highest BCUT2D eigenvalue weighted by molar-refractivity contribution is 7.93. The van der Waals surface area contributed by atoms with Crippen molar-refractivity contribution in [1.82, 2.24) is 5.32 Å². The Labute approximate surface area is 165 Å². The van der Waals surface area contributed by atoms with Gasteiger partial charge in [-0.1, -0.05) is 12.1 Å². The monoisotopic (exact) mass is 404 g/mol. The molecule has 8 heteroatoms. The first kappa shape index (κ1) is 20.0. The summed E-state index contributed by atoms with van der Waals surface area (Å²) < 4.78 is 36.1. The lowest BCUT2D eigenvalue weighted by molar-refractivity contribution is 0.0940. The van der Waals surface area contributed by atoms with Gasteiger partial charge in [-0.3, -0.25) is 9.10 Å². The number of hydrogen-bond donors (Lipinski definition) is 1. The maximum atomic E-state index is 12.7. The van der Waals surface area contributed by atoms with E-state index in [9.17, 15) is 13.2 Å². The van der Waals surface area contributed by atoms with Crippen molar-refractivity contribution < 1.29 is 22.7 Å². The summed E-state index contributed by atoms with van der Waals surface area (Å²) in [5.74, 6) is 1.06. The number of benzene rings is 2. The lowest BCUT2D eigenvalue weighted by atomic mass is 10.1. The molecule has 1 fully saturated rings. The Morgan fingerprint density at radius 2 is 1.86 bits per heavy atom. The highest BCUT2D eigenvalue weighted by Gasteiger charge is 2.28. The van der Waals surface area contributed by atoms with Crippen molar-refractivity contribution in [2.75, 3.05) is 30.8 Å². The standard InChI is InChI=1S/C20H24N2O5S/c1-14(15-8-9-18(26-2)19(13-15)27-3)21-20(23)16-6-4-7-17(12-16)22-10-5-11-28(22,24)25/h4,6-9,12-14H,5,10-11H2,1-3H3,(H,21,23). The second-order valence-electron chi connectivity index (χ2n) is 6.60. The van der Waals surface area contributed by atoms with Gasteiger partial charge in [0.15, 0.2) is 11.5 Å². The first-order chi connectivity index (χ1) is 13.4. The molecule has 3 rings (SSSR count). The van der Waals surface area contributed by atoms with E-state index >= 15 is 0 Å². The molecule has 0 bridgehead atoms. The minimum Gasteiger partial charge on any atom is -0.493 e. The molecule has 28 heavy (non-hydrogen) atoms. The molecule has 1 N–H and O–H groups in total. The lowest BCUT2D eigenvalue weighted by Crippen LogP contribution is -2.28. The van der Waals surface area contributed by atoms with Gasteiger partial charge >= 0.3 is 0 Å². The van der Waals surface area contributed by atoms with E-state index < -0.39 is 10.0 Å². The van der Waals surface area contributed by atoms with Crippen molar-refractivity contribution in [3.8, 4) is 11.5 Å². The molecule has 0 aromatic heterocycles. The summed E-state index contributed by atoms with van der Waals surface area (Å²) in [5.41, 5.74) is 1.79. The predicted molar refractivity (Wildman–Crippen MR) is 108 cm³/mol. The molecule has 1 saturated heterocycles. The Balaban J connectivity index is 1.77. The number of carbonyl (C=O) groups is 1. The summed E-state index contributed by atoms with van der Waals surface area (Å²) in [6.45, 7) is 2.31. The Bertz CT molecular complexity index is 974. The van der Waals surface area contributed by atoms with Crippen LogP contribution in [0.3, 0.4) is 0 Å². The van der Waals surface area contributed by atoms with Gasteiger partial charge in [-0.25, -0.2) is 8.42 Å². The quantitative estimate of drug-likeness (QED) is 0.800. The number of rotatable bonds is 6. The molecular weight excluding hydrogens is 380 g/mol. The van der Waals surface area contributed by atoms with Crippen molar-refractivity contribution in [3.63, 3.8) is 0 Å². The van der Waals surface area contributed by atoms with Crippen LogP contribution in [-0.2, 0) is 10.0 Å². The lowest BCUT2D eigenvalue weighted by Gasteiger charge is -2.19. The van der Waals surface area contributed by atoms with Crippen LogP contribution in [0.5, 0.6) is 11.5 Å². The first-order valence-electron chi connectivity index (χ1n) is 8.99. The summed E-state index contributed by atoms with van der Waals surface area (Å²) in [5, 5.41) is 2.94. The van der Waals surface area contributed by atoms with E-state index in [1.165, 1.54) is 4.31 Å². The van der Waals surface area contributed by atoms with E-state index in [-0.39, 0.29) is 17.7 Å². The zero-order valence-electron chi connectivity index (χ0n) is 16.1. The highest BCUT2D eigenvalue weighted by Crippen LogP contribution is 2.30. The molecule has 0 radical (unpaired) electrons. The summed E-state index contributed by atoms with van der Waals surface area (Å²) in [6.07, 6.45) is 0.592. The minimum atomic E-state index is -3.29. The van der Waals surface area contributed by atoms with Crippen LogP contribution in [-0.4, -0.2) is 40.8 Å². The molecule has 0 saturated carbocycles. The van der Waals surface area contributed by atoms with Gasteiger partial charge in [0, 0.05) is 12.1 Å². The fourth-order valence-electron chi connectivity index (χ4n) is 3.22. The van der Waals surface area contributed by atoms with Crippen LogP contribution in [0.15, 0.2) is 42.5 Å². The Morgan fingerprint density at radius 1 is 1.11 bits per heavy atom. The van der Waals surface area contributed by atoms with Gasteiger partial charge in [-0.05, 0) is 49.2 Å². The molecule has 150 valence electrons. The number of carbonyl (C=O) groups excluding carboxylic acids is 1. The average molecular weight is 404 g/mol. The normalized spacial score (nSPS) is 16.5. The molecule has 0 spiro atoms. The SMILES string of the molecule is COc1ccc(C(C)NC(=O)c2cccc(N3CCCS3(=O)=O)c2)cc1OC. The van der Waals surface area contributed by atoms with Gasteiger partial charge in [0.25, 0.3) is 5.91 Å². The number of methoxy groups -OCH3 is 2. The first-order valence-corrected chi connectivity index (χ1v) is 10.6. The van der Waals surface area contributed by atoms with Crippen LogP contribution in [0.2, 0.25) is 0 Å². The number of nitrogens with one attached hydrogen (secondary N) is 1. The van der Waals surface area contributed by atoms with E-state index in [4.69, 9.17) is 9.47 Å². The molecule has 7 nitrogen and oxygen atoms in total. The number of ether oxygens (including phenoxy) is 2. The van der Waals surface area contributed by atoms with Crippen LogP contribution in [0.4, 0.5) is 5.69 Å². The molecule has 2 aromatic rings. The van der Waals surface area contributed by atoms with Gasteiger partial charge in [-0.2, -0.15) is 0 Å². The number of nitrogens with zero attached hydrogens (tertiary/aromatic N) is 1. The maximum absolute atomic E-state index is 12.7. The second kappa shape index (κ2) is 8.10. The van der Waals surface area contributed by atoms with Crippen LogP contribution in [0, 0.1) is 0 Å². The minimum absolute atomic E-state index is 0.139. The van der Waals surface area contributed by atoms with E-state index in [1.807, 2.05) is 19.1 Å². The van der Waals surface area contributed by atoms with Gasteiger partial charge < -0.3 is 14.8 Å². The van der Waals surface area contributed by atoms with Crippen LogP contribution < -0.4 is 19.1 Å². The molecular formula is C20H24N2O5S. The molecule has 1 unspecified atom stereocenters. The molecule has 1 atom stereocenters. The van der Waals surface area contributed by atoms with Crippen LogP contribution >= 0.6 is 0 Å². The van der Waals surface area contributed by atoms with Gasteiger partial charge in [0.1, 0.15) is 0 Å². The predicted octanol–water partition coefficient (Wildman–Crippen LogP) is 2.73. The number of hydrogen-bond acceptors (Lipinski definition) is 5. The maximum Gasteiger partial charge on any atom is 0.251 e. The fourth-order valence-corrected chi connectivity index (χ4v) is 4.77. The summed E-state index contributed by atoms with van der Waals surface area (Å²) in [6, 6.07) is 11.9. The zero-order valence-corrected chi connectivity index (χ0v) is 17.0. The third kappa shape index (κ3) is 4.06. The number of anilines is 1. The molecule has 2 aromatic carbocycles. The fraction of sp³-hybridized carbons (Fsp3) is 0.350. The smallest absolute Gasteiger partial charge is 0.251 e. The molecule has 1 aliphatic heterocycles. The number of amides is 1. The summed E-state index contributed by atoms with van der Waals surface area (Å²) in [4.78, 5) is 12.7. The van der Waals surface area contributed by atoms with Crippen LogP contribution in [0.1, 0.15) is 35.3 Å². The Morgan fingerprint density at radius 3 is 2.50 bits per heavy atom.